The lowest BCUT2D eigenvalue weighted by molar-refractivity contribution is -0.138. The zero-order valence-electron chi connectivity index (χ0n) is 16.7. The lowest BCUT2D eigenvalue weighted by atomic mass is 10.2. The second kappa shape index (κ2) is 11.5. The molecule has 0 radical (unpaired) electrons. The first-order chi connectivity index (χ1) is 13.5. The Hall–Kier alpha value is -2.32. The van der Waals surface area contributed by atoms with Crippen molar-refractivity contribution < 1.29 is 24.2 Å². The molecule has 1 aliphatic rings. The highest BCUT2D eigenvalue weighted by atomic mass is 16.5. The van der Waals surface area contributed by atoms with E-state index < -0.39 is 5.97 Å². The molecule has 28 heavy (non-hydrogen) atoms. The smallest absolute Gasteiger partial charge is 0.317 e. The molecule has 8 heteroatoms. The quantitative estimate of drug-likeness (QED) is 0.589. The highest BCUT2D eigenvalue weighted by molar-refractivity contribution is 5.74. The number of morpholine rings is 1. The van der Waals surface area contributed by atoms with E-state index in [-0.39, 0.29) is 18.7 Å². The van der Waals surface area contributed by atoms with E-state index in [0.717, 1.165) is 24.2 Å². The molecule has 0 saturated carbocycles. The van der Waals surface area contributed by atoms with Gasteiger partial charge in [-0.15, -0.1) is 0 Å². The molecule has 1 aliphatic heterocycles. The zero-order chi connectivity index (χ0) is 20.4. The third-order valence-corrected chi connectivity index (χ3v) is 4.46. The van der Waals surface area contributed by atoms with E-state index in [2.05, 4.69) is 12.2 Å². The van der Waals surface area contributed by atoms with Gasteiger partial charge in [-0.3, -0.25) is 9.69 Å². The second-order valence-electron chi connectivity index (χ2n) is 7.04. The van der Waals surface area contributed by atoms with Gasteiger partial charge in [0.2, 0.25) is 0 Å². The molecule has 156 valence electrons. The van der Waals surface area contributed by atoms with Crippen molar-refractivity contribution in [2.45, 2.75) is 32.4 Å². The van der Waals surface area contributed by atoms with E-state index in [9.17, 15) is 9.59 Å². The predicted molar refractivity (Wildman–Crippen MR) is 106 cm³/mol. The fourth-order valence-electron chi connectivity index (χ4n) is 3.03. The number of ether oxygens (including phenoxy) is 2. The summed E-state index contributed by atoms with van der Waals surface area (Å²) in [5, 5.41) is 11.8. The molecule has 2 N–H and O–H groups in total. The maximum absolute atomic E-state index is 12.5. The van der Waals surface area contributed by atoms with Gasteiger partial charge in [0.1, 0.15) is 5.75 Å². The van der Waals surface area contributed by atoms with Crippen LogP contribution >= 0.6 is 0 Å². The number of likely N-dealkylation sites (N-methyl/N-ethyl adjacent to an activating group) is 1. The Balaban J connectivity index is 1.79. The van der Waals surface area contributed by atoms with Crippen LogP contribution in [-0.4, -0.2) is 79.5 Å². The summed E-state index contributed by atoms with van der Waals surface area (Å²) in [6.45, 7) is 5.05. The van der Waals surface area contributed by atoms with Gasteiger partial charge in [0.15, 0.2) is 0 Å². The summed E-state index contributed by atoms with van der Waals surface area (Å²) in [6.07, 6.45) is 1.91. The van der Waals surface area contributed by atoms with E-state index >= 15 is 0 Å². The van der Waals surface area contributed by atoms with E-state index in [1.54, 1.807) is 16.8 Å². The minimum absolute atomic E-state index is 0.0529. The number of carboxylic acid groups (broad SMARTS) is 1. The molecule has 2 amide bonds. The number of rotatable bonds is 10. The van der Waals surface area contributed by atoms with Crippen LogP contribution < -0.4 is 10.1 Å². The first-order valence-electron chi connectivity index (χ1n) is 9.74. The molecular weight excluding hydrogens is 362 g/mol. The molecule has 8 nitrogen and oxygen atoms in total. The Morgan fingerprint density at radius 2 is 2.25 bits per heavy atom. The van der Waals surface area contributed by atoms with Gasteiger partial charge < -0.3 is 24.8 Å². The Kier molecular flexibility index (Phi) is 9.03. The molecule has 1 unspecified atom stereocenters. The van der Waals surface area contributed by atoms with Gasteiger partial charge in [-0.05, 0) is 31.2 Å². The number of benzene rings is 1. The number of unbranched alkanes of at least 4 members (excludes halogenated alkanes) is 1. The summed E-state index contributed by atoms with van der Waals surface area (Å²) in [7, 11) is 1.73. The van der Waals surface area contributed by atoms with Gasteiger partial charge >= 0.3 is 12.0 Å². The molecule has 0 bridgehead atoms. The van der Waals surface area contributed by atoms with Crippen molar-refractivity contribution >= 4 is 12.0 Å². The average molecular weight is 393 g/mol. The van der Waals surface area contributed by atoms with Crippen LogP contribution in [0.3, 0.4) is 0 Å². The number of amides is 2. The molecular formula is C20H31N3O5. The van der Waals surface area contributed by atoms with Gasteiger partial charge in [0.25, 0.3) is 0 Å². The highest BCUT2D eigenvalue weighted by Gasteiger charge is 2.25. The fourth-order valence-corrected chi connectivity index (χ4v) is 3.03. The molecule has 0 aliphatic carbocycles. The molecule has 0 aromatic heterocycles. The zero-order valence-corrected chi connectivity index (χ0v) is 16.7. The van der Waals surface area contributed by atoms with Crippen LogP contribution in [0.5, 0.6) is 5.75 Å². The summed E-state index contributed by atoms with van der Waals surface area (Å²) in [5.74, 6) is -0.0677. The number of aliphatic carboxylic acids is 1. The summed E-state index contributed by atoms with van der Waals surface area (Å²) >= 11 is 0. The maximum atomic E-state index is 12.5. The SMILES string of the molecule is CCCCOc1cccc(CNC(=O)N2CCOC(CN(C)CC(=O)O)C2)c1. The van der Waals surface area contributed by atoms with Crippen LogP contribution in [0.4, 0.5) is 4.79 Å². The van der Waals surface area contributed by atoms with Crippen LogP contribution in [0.15, 0.2) is 24.3 Å². The van der Waals surface area contributed by atoms with Crippen LogP contribution in [0, 0.1) is 0 Å². The standard InChI is InChI=1S/C20H31N3O5/c1-3-4-9-27-17-7-5-6-16(11-17)12-21-20(26)23-8-10-28-18(14-23)13-22(2)15-19(24)25/h5-7,11,18H,3-4,8-10,12-15H2,1-2H3,(H,21,26)(H,24,25). The molecule has 2 rings (SSSR count). The van der Waals surface area contributed by atoms with Gasteiger partial charge in [-0.1, -0.05) is 25.5 Å². The lowest BCUT2D eigenvalue weighted by Gasteiger charge is -2.34. The fraction of sp³-hybridized carbons (Fsp3) is 0.600. The lowest BCUT2D eigenvalue weighted by Crippen LogP contribution is -2.52. The number of hydrogen-bond donors (Lipinski definition) is 2. The first kappa shape index (κ1) is 22.0. The topological polar surface area (TPSA) is 91.3 Å². The Bertz CT molecular complexity index is 640. The Morgan fingerprint density at radius 3 is 3.00 bits per heavy atom. The van der Waals surface area contributed by atoms with Gasteiger partial charge in [0.05, 0.1) is 25.9 Å². The Labute approximate surface area is 166 Å². The minimum Gasteiger partial charge on any atom is -0.494 e. The van der Waals surface area contributed by atoms with Crippen LogP contribution in [0.25, 0.3) is 0 Å². The van der Waals surface area contributed by atoms with Crippen molar-refractivity contribution in [3.63, 3.8) is 0 Å². The Morgan fingerprint density at radius 1 is 1.43 bits per heavy atom. The van der Waals surface area contributed by atoms with Crippen LogP contribution in [-0.2, 0) is 16.1 Å². The summed E-state index contributed by atoms with van der Waals surface area (Å²) in [5.41, 5.74) is 0.980. The molecule has 1 atom stereocenters. The molecule has 1 aromatic carbocycles. The van der Waals surface area contributed by atoms with Crippen molar-refractivity contribution in [3.8, 4) is 5.75 Å². The summed E-state index contributed by atoms with van der Waals surface area (Å²) in [4.78, 5) is 26.7. The number of carboxylic acids is 1. The van der Waals surface area contributed by atoms with Crippen molar-refractivity contribution in [1.29, 1.82) is 0 Å². The number of carbonyl (C=O) groups is 2. The van der Waals surface area contributed by atoms with Crippen molar-refractivity contribution in [2.75, 3.05) is 46.4 Å². The van der Waals surface area contributed by atoms with Gasteiger partial charge in [0, 0.05) is 26.2 Å². The largest absolute Gasteiger partial charge is 0.494 e. The maximum Gasteiger partial charge on any atom is 0.317 e. The molecule has 0 spiro atoms. The molecule has 1 aromatic rings. The highest BCUT2D eigenvalue weighted by Crippen LogP contribution is 2.14. The first-order valence-corrected chi connectivity index (χ1v) is 9.74. The number of nitrogens with one attached hydrogen (secondary N) is 1. The summed E-state index contributed by atoms with van der Waals surface area (Å²) < 4.78 is 11.4. The third-order valence-electron chi connectivity index (χ3n) is 4.46. The van der Waals surface area contributed by atoms with E-state index in [4.69, 9.17) is 14.6 Å². The number of urea groups is 1. The van der Waals surface area contributed by atoms with Gasteiger partial charge in [-0.25, -0.2) is 4.79 Å². The van der Waals surface area contributed by atoms with Crippen LogP contribution in [0.1, 0.15) is 25.3 Å². The van der Waals surface area contributed by atoms with Crippen LogP contribution in [0.2, 0.25) is 0 Å². The van der Waals surface area contributed by atoms with E-state index in [1.165, 1.54) is 0 Å². The molecule has 1 saturated heterocycles. The van der Waals surface area contributed by atoms with Crippen molar-refractivity contribution in [2.24, 2.45) is 0 Å². The van der Waals surface area contributed by atoms with Crippen molar-refractivity contribution in [1.82, 2.24) is 15.1 Å². The number of carbonyl (C=O) groups excluding carboxylic acids is 1. The number of hydrogen-bond acceptors (Lipinski definition) is 5. The normalized spacial score (nSPS) is 16.8. The number of nitrogens with zero attached hydrogens (tertiary/aromatic N) is 2. The van der Waals surface area contributed by atoms with E-state index in [0.29, 0.717) is 39.4 Å². The minimum atomic E-state index is -0.881. The average Bonchev–Trinajstić information content (AvgIpc) is 2.66. The second-order valence-corrected chi connectivity index (χ2v) is 7.04. The summed E-state index contributed by atoms with van der Waals surface area (Å²) in [6, 6.07) is 7.59. The molecule has 1 fully saturated rings. The predicted octanol–water partition coefficient (Wildman–Crippen LogP) is 1.79. The van der Waals surface area contributed by atoms with Crippen molar-refractivity contribution in [3.05, 3.63) is 29.8 Å². The van der Waals surface area contributed by atoms with E-state index in [1.807, 2.05) is 24.3 Å². The monoisotopic (exact) mass is 393 g/mol. The third kappa shape index (κ3) is 7.74. The van der Waals surface area contributed by atoms with Gasteiger partial charge in [-0.2, -0.15) is 0 Å². The molecule has 1 heterocycles.